The van der Waals surface area contributed by atoms with E-state index in [0.717, 1.165) is 6.42 Å². The highest BCUT2D eigenvalue weighted by molar-refractivity contribution is 5.83. The van der Waals surface area contributed by atoms with Gasteiger partial charge in [-0.1, -0.05) is 6.92 Å². The maximum Gasteiger partial charge on any atom is 0.328 e. The number of hydrogen-bond donors (Lipinski definition) is 2. The van der Waals surface area contributed by atoms with E-state index in [1.807, 2.05) is 13.8 Å². The second kappa shape index (κ2) is 6.77. The summed E-state index contributed by atoms with van der Waals surface area (Å²) in [6.07, 6.45) is 1.56. The first-order chi connectivity index (χ1) is 8.92. The van der Waals surface area contributed by atoms with Crippen molar-refractivity contribution in [2.75, 3.05) is 5.73 Å². The van der Waals surface area contributed by atoms with Gasteiger partial charge >= 0.3 is 5.97 Å². The Kier molecular flexibility index (Phi) is 5.35. The molecule has 2 atom stereocenters. The van der Waals surface area contributed by atoms with Gasteiger partial charge in [0.1, 0.15) is 12.4 Å². The minimum Gasteiger partial charge on any atom is -0.451 e. The summed E-state index contributed by atoms with van der Waals surface area (Å²) in [7, 11) is 0. The second-order valence-corrected chi connectivity index (χ2v) is 4.39. The second-order valence-electron chi connectivity index (χ2n) is 4.39. The van der Waals surface area contributed by atoms with Crippen molar-refractivity contribution in [3.63, 3.8) is 0 Å². The molecular weight excluding hydrogens is 248 g/mol. The molecule has 1 rings (SSSR count). The first-order valence-corrected chi connectivity index (χ1v) is 6.21. The number of nitrogens with two attached hydrogens (primary N) is 1. The highest BCUT2D eigenvalue weighted by atomic mass is 16.5. The Morgan fingerprint density at radius 1 is 1.53 bits per heavy atom. The summed E-state index contributed by atoms with van der Waals surface area (Å²) in [5.41, 5.74) is 5.43. The van der Waals surface area contributed by atoms with Crippen molar-refractivity contribution in [2.45, 2.75) is 45.9 Å². The summed E-state index contributed by atoms with van der Waals surface area (Å²) in [4.78, 5) is 23.3. The Balaban J connectivity index is 2.41. The van der Waals surface area contributed by atoms with E-state index in [9.17, 15) is 9.59 Å². The summed E-state index contributed by atoms with van der Waals surface area (Å²) in [6, 6.07) is 1.63. The van der Waals surface area contributed by atoms with Gasteiger partial charge in [0.25, 0.3) is 5.91 Å². The van der Waals surface area contributed by atoms with E-state index < -0.39 is 12.1 Å². The molecule has 0 bridgehead atoms. The summed E-state index contributed by atoms with van der Waals surface area (Å²) in [5.74, 6) is -0.507. The lowest BCUT2D eigenvalue weighted by molar-refractivity contribution is -0.155. The number of nitrogens with zero attached hydrogens (tertiary/aromatic N) is 2. The van der Waals surface area contributed by atoms with E-state index in [4.69, 9.17) is 10.5 Å². The number of esters is 1. The van der Waals surface area contributed by atoms with Crippen molar-refractivity contribution in [3.8, 4) is 0 Å². The average molecular weight is 268 g/mol. The fourth-order valence-electron chi connectivity index (χ4n) is 1.35. The number of hydrogen-bond acceptors (Lipinski definition) is 5. The largest absolute Gasteiger partial charge is 0.451 e. The number of amides is 1. The van der Waals surface area contributed by atoms with Gasteiger partial charge in [0.05, 0.1) is 0 Å². The molecule has 1 aromatic rings. The molecule has 106 valence electrons. The molecule has 2 unspecified atom stereocenters. The fraction of sp³-hybridized carbons (Fsp3) is 0.583. The van der Waals surface area contributed by atoms with E-state index in [-0.39, 0.29) is 18.5 Å². The highest BCUT2D eigenvalue weighted by Crippen LogP contribution is 1.99. The van der Waals surface area contributed by atoms with Crippen LogP contribution in [0.25, 0.3) is 0 Å². The number of carbonyl (C=O) groups excluding carboxylic acids is 2. The molecule has 0 radical (unpaired) electrons. The number of nitrogens with one attached hydrogen (secondary N) is 1. The molecule has 3 N–H and O–H groups in total. The molecule has 1 aromatic heterocycles. The zero-order valence-electron chi connectivity index (χ0n) is 11.4. The van der Waals surface area contributed by atoms with Crippen molar-refractivity contribution in [1.82, 2.24) is 15.1 Å². The van der Waals surface area contributed by atoms with Crippen LogP contribution in [0.4, 0.5) is 5.82 Å². The Morgan fingerprint density at radius 2 is 2.21 bits per heavy atom. The van der Waals surface area contributed by atoms with Gasteiger partial charge in [-0.3, -0.25) is 14.3 Å². The van der Waals surface area contributed by atoms with Crippen molar-refractivity contribution >= 4 is 17.7 Å². The first kappa shape index (κ1) is 15.0. The topological polar surface area (TPSA) is 99.2 Å². The molecule has 7 heteroatoms. The van der Waals surface area contributed by atoms with Gasteiger partial charge in [-0.05, 0) is 26.3 Å². The van der Waals surface area contributed by atoms with E-state index in [0.29, 0.717) is 5.82 Å². The van der Waals surface area contributed by atoms with Crippen molar-refractivity contribution in [3.05, 3.63) is 12.3 Å². The normalized spacial score (nSPS) is 13.6. The van der Waals surface area contributed by atoms with Gasteiger partial charge in [0.2, 0.25) is 0 Å². The predicted molar refractivity (Wildman–Crippen MR) is 70.1 cm³/mol. The molecule has 0 aliphatic carbocycles. The van der Waals surface area contributed by atoms with Gasteiger partial charge < -0.3 is 15.8 Å². The Morgan fingerprint density at radius 3 is 2.74 bits per heavy atom. The third kappa shape index (κ3) is 4.99. The number of nitrogen functional groups attached to an aromatic ring is 1. The number of rotatable bonds is 6. The molecule has 0 saturated carbocycles. The molecule has 19 heavy (non-hydrogen) atoms. The molecule has 1 heterocycles. The molecule has 0 aromatic carbocycles. The third-order valence-electron chi connectivity index (χ3n) is 2.63. The van der Waals surface area contributed by atoms with Crippen molar-refractivity contribution < 1.29 is 14.3 Å². The summed E-state index contributed by atoms with van der Waals surface area (Å²) >= 11 is 0. The molecular formula is C12H20N4O3. The maximum atomic E-state index is 11.7. The van der Waals surface area contributed by atoms with Crippen LogP contribution in [0.15, 0.2) is 12.3 Å². The van der Waals surface area contributed by atoms with Gasteiger partial charge in [-0.2, -0.15) is 5.10 Å². The molecule has 0 saturated heterocycles. The van der Waals surface area contributed by atoms with Gasteiger partial charge in [0, 0.05) is 12.2 Å². The van der Waals surface area contributed by atoms with Crippen LogP contribution in [-0.2, 0) is 20.9 Å². The fourth-order valence-corrected chi connectivity index (χ4v) is 1.35. The lowest BCUT2D eigenvalue weighted by atomic mass is 10.2. The van der Waals surface area contributed by atoms with Crippen LogP contribution < -0.4 is 11.1 Å². The minimum atomic E-state index is -0.825. The molecule has 0 aliphatic heterocycles. The van der Waals surface area contributed by atoms with Crippen LogP contribution in [-0.4, -0.2) is 33.8 Å². The van der Waals surface area contributed by atoms with Crippen LogP contribution in [0.1, 0.15) is 27.2 Å². The molecule has 7 nitrogen and oxygen atoms in total. The highest BCUT2D eigenvalue weighted by Gasteiger charge is 2.19. The molecule has 0 aliphatic rings. The van der Waals surface area contributed by atoms with Crippen LogP contribution in [0.5, 0.6) is 0 Å². The molecule has 1 amide bonds. The number of ether oxygens (including phenoxy) is 1. The SMILES string of the molecule is CCC(C)NC(=O)C(C)OC(=O)Cn1ccc(N)n1. The minimum absolute atomic E-state index is 0.0552. The van der Waals surface area contributed by atoms with Crippen molar-refractivity contribution in [2.24, 2.45) is 0 Å². The van der Waals surface area contributed by atoms with Gasteiger partial charge in [-0.25, -0.2) is 0 Å². The van der Waals surface area contributed by atoms with E-state index >= 15 is 0 Å². The zero-order valence-corrected chi connectivity index (χ0v) is 11.4. The van der Waals surface area contributed by atoms with E-state index in [2.05, 4.69) is 10.4 Å². The number of aromatic nitrogens is 2. The number of anilines is 1. The predicted octanol–water partition coefficient (Wildman–Crippen LogP) is 0.312. The zero-order chi connectivity index (χ0) is 14.4. The Bertz CT molecular complexity index is 444. The van der Waals surface area contributed by atoms with Crippen LogP contribution in [0, 0.1) is 0 Å². The Hall–Kier alpha value is -2.05. The van der Waals surface area contributed by atoms with Crippen LogP contribution in [0.3, 0.4) is 0 Å². The van der Waals surface area contributed by atoms with Gasteiger partial charge in [-0.15, -0.1) is 0 Å². The van der Waals surface area contributed by atoms with Gasteiger partial charge in [0.15, 0.2) is 6.10 Å². The molecule has 0 fully saturated rings. The van der Waals surface area contributed by atoms with E-state index in [1.54, 1.807) is 12.3 Å². The van der Waals surface area contributed by atoms with Crippen molar-refractivity contribution in [1.29, 1.82) is 0 Å². The summed E-state index contributed by atoms with van der Waals surface area (Å²) in [5, 5.41) is 6.60. The average Bonchev–Trinajstić information content (AvgIpc) is 2.74. The third-order valence-corrected chi connectivity index (χ3v) is 2.63. The maximum absolute atomic E-state index is 11.7. The summed E-state index contributed by atoms with van der Waals surface area (Å²) in [6.45, 7) is 5.31. The smallest absolute Gasteiger partial charge is 0.328 e. The van der Waals surface area contributed by atoms with Crippen LogP contribution >= 0.6 is 0 Å². The number of carbonyl (C=O) groups is 2. The van der Waals surface area contributed by atoms with E-state index in [1.165, 1.54) is 11.6 Å². The monoisotopic (exact) mass is 268 g/mol. The quantitative estimate of drug-likeness (QED) is 0.723. The molecule has 0 spiro atoms. The lowest BCUT2D eigenvalue weighted by Gasteiger charge is -2.16. The summed E-state index contributed by atoms with van der Waals surface area (Å²) < 4.78 is 6.38. The Labute approximate surface area is 112 Å². The van der Waals surface area contributed by atoms with Crippen LogP contribution in [0.2, 0.25) is 0 Å². The standard InChI is InChI=1S/C12H20N4O3/c1-4-8(2)14-12(18)9(3)19-11(17)7-16-6-5-10(13)15-16/h5-6,8-9H,4,7H2,1-3H3,(H2,13,15)(H,14,18). The first-order valence-electron chi connectivity index (χ1n) is 6.21. The lowest BCUT2D eigenvalue weighted by Crippen LogP contribution is -2.40.